The molecule has 1 aromatic rings. The molecule has 22 heavy (non-hydrogen) atoms. The van der Waals surface area contributed by atoms with E-state index in [9.17, 15) is 9.90 Å². The molecule has 1 aliphatic heterocycles. The van der Waals surface area contributed by atoms with Gasteiger partial charge in [0.2, 0.25) is 0 Å². The molecule has 0 fully saturated rings. The third kappa shape index (κ3) is 3.35. The summed E-state index contributed by atoms with van der Waals surface area (Å²) in [5, 5.41) is 9.88. The summed E-state index contributed by atoms with van der Waals surface area (Å²) in [6.45, 7) is 7.91. The summed E-state index contributed by atoms with van der Waals surface area (Å²) in [4.78, 5) is 20.5. The fraction of sp³-hybridized carbons (Fsp3) is 0.471. The van der Waals surface area contributed by atoms with Gasteiger partial charge in [0, 0.05) is 7.05 Å². The van der Waals surface area contributed by atoms with Gasteiger partial charge in [0.15, 0.2) is 11.7 Å². The molecule has 1 aromatic carbocycles. The fourth-order valence-electron chi connectivity index (χ4n) is 2.48. The number of aromatic hydroxyl groups is 1. The maximum absolute atomic E-state index is 11.6. The summed E-state index contributed by atoms with van der Waals surface area (Å²) in [7, 11) is 1.70. The van der Waals surface area contributed by atoms with Crippen molar-refractivity contribution in [2.75, 3.05) is 13.7 Å². The number of ether oxygens (including phenoxy) is 1. The Kier molecular flexibility index (Phi) is 4.35. The van der Waals surface area contributed by atoms with Crippen LogP contribution in [-0.4, -0.2) is 41.7 Å². The zero-order valence-corrected chi connectivity index (χ0v) is 13.7. The van der Waals surface area contributed by atoms with E-state index in [0.717, 1.165) is 16.8 Å². The third-order valence-corrected chi connectivity index (χ3v) is 3.64. The Morgan fingerprint density at radius 1 is 1.41 bits per heavy atom. The third-order valence-electron chi connectivity index (χ3n) is 3.64. The number of ketones is 1. The molecule has 5 nitrogen and oxygen atoms in total. The Labute approximate surface area is 130 Å². The van der Waals surface area contributed by atoms with Crippen LogP contribution in [0.15, 0.2) is 22.1 Å². The molecule has 5 heteroatoms. The maximum atomic E-state index is 11.6. The van der Waals surface area contributed by atoms with Crippen LogP contribution in [0.2, 0.25) is 0 Å². The molecule has 1 heterocycles. The van der Waals surface area contributed by atoms with Crippen molar-refractivity contribution >= 4 is 17.4 Å². The number of aliphatic imine (C=N–C) groups is 2. The molecule has 0 radical (unpaired) electrons. The molecule has 0 unspecified atom stereocenters. The number of carbonyl (C=O) groups excluding carboxylic acids is 1. The number of rotatable bonds is 4. The van der Waals surface area contributed by atoms with Crippen LogP contribution in [0.5, 0.6) is 5.75 Å². The minimum Gasteiger partial charge on any atom is -0.507 e. The summed E-state index contributed by atoms with van der Waals surface area (Å²) in [6.07, 6.45) is 0.475. The van der Waals surface area contributed by atoms with Crippen molar-refractivity contribution in [2.24, 2.45) is 9.98 Å². The number of phenolic OH excluding ortho intramolecular Hbond substituents is 1. The molecule has 0 saturated heterocycles. The lowest BCUT2D eigenvalue weighted by Gasteiger charge is -2.12. The highest BCUT2D eigenvalue weighted by Crippen LogP contribution is 2.25. The number of aryl methyl sites for hydroxylation is 1. The minimum atomic E-state index is -0.206. The summed E-state index contributed by atoms with van der Waals surface area (Å²) in [6, 6.07) is 3.29. The Morgan fingerprint density at radius 2 is 2.09 bits per heavy atom. The lowest BCUT2D eigenvalue weighted by Crippen LogP contribution is -2.17. The average molecular weight is 302 g/mol. The molecule has 0 amide bonds. The van der Waals surface area contributed by atoms with Crippen molar-refractivity contribution in [2.45, 2.75) is 39.7 Å². The van der Waals surface area contributed by atoms with Crippen molar-refractivity contribution in [3.8, 4) is 5.75 Å². The van der Waals surface area contributed by atoms with Gasteiger partial charge in [-0.1, -0.05) is 0 Å². The number of hydrogen-bond acceptors (Lipinski definition) is 5. The van der Waals surface area contributed by atoms with E-state index in [1.54, 1.807) is 19.2 Å². The summed E-state index contributed by atoms with van der Waals surface area (Å²) < 4.78 is 5.62. The van der Waals surface area contributed by atoms with Gasteiger partial charge in [-0.05, 0) is 51.0 Å². The van der Waals surface area contributed by atoms with E-state index in [4.69, 9.17) is 4.74 Å². The predicted octanol–water partition coefficient (Wildman–Crippen LogP) is 2.92. The molecule has 0 atom stereocenters. The van der Waals surface area contributed by atoms with Crippen molar-refractivity contribution in [3.63, 3.8) is 0 Å². The first-order valence-corrected chi connectivity index (χ1v) is 7.25. The van der Waals surface area contributed by atoms with Crippen LogP contribution in [0.3, 0.4) is 0 Å². The van der Waals surface area contributed by atoms with Gasteiger partial charge in [-0.3, -0.25) is 9.79 Å². The largest absolute Gasteiger partial charge is 0.507 e. The zero-order chi connectivity index (χ0) is 16.5. The van der Waals surface area contributed by atoms with Crippen molar-refractivity contribution in [1.29, 1.82) is 0 Å². The van der Waals surface area contributed by atoms with Crippen LogP contribution in [0.1, 0.15) is 48.7 Å². The zero-order valence-electron chi connectivity index (χ0n) is 13.7. The van der Waals surface area contributed by atoms with Gasteiger partial charge in [-0.2, -0.15) is 0 Å². The number of benzene rings is 1. The number of phenols is 1. The van der Waals surface area contributed by atoms with E-state index in [1.807, 2.05) is 20.8 Å². The highest BCUT2D eigenvalue weighted by molar-refractivity contribution is 6.12. The van der Waals surface area contributed by atoms with Gasteiger partial charge < -0.3 is 9.84 Å². The molecular weight excluding hydrogens is 280 g/mol. The Morgan fingerprint density at radius 3 is 2.59 bits per heavy atom. The molecule has 0 bridgehead atoms. The minimum absolute atomic E-state index is 0.000191. The first-order chi connectivity index (χ1) is 10.2. The normalized spacial score (nSPS) is 17.1. The molecule has 0 saturated carbocycles. The molecule has 0 aliphatic carbocycles. The first kappa shape index (κ1) is 16.2. The number of carbonyl (C=O) groups is 1. The van der Waals surface area contributed by atoms with E-state index in [1.165, 1.54) is 6.92 Å². The van der Waals surface area contributed by atoms with Crippen LogP contribution in [0, 0.1) is 6.92 Å². The predicted molar refractivity (Wildman–Crippen MR) is 87.4 cm³/mol. The Balaban J connectivity index is 2.37. The van der Waals surface area contributed by atoms with Crippen molar-refractivity contribution in [1.82, 2.24) is 0 Å². The lowest BCUT2D eigenvalue weighted by molar-refractivity contribution is 0.101. The molecule has 1 N–H and O–H groups in total. The molecule has 0 aromatic heterocycles. The summed E-state index contributed by atoms with van der Waals surface area (Å²) >= 11 is 0. The topological polar surface area (TPSA) is 71.2 Å². The molecule has 0 spiro atoms. The van der Waals surface area contributed by atoms with E-state index < -0.39 is 0 Å². The van der Waals surface area contributed by atoms with E-state index >= 15 is 0 Å². The monoisotopic (exact) mass is 302 g/mol. The van der Waals surface area contributed by atoms with Crippen LogP contribution in [0.4, 0.5) is 0 Å². The molecule has 1 aliphatic rings. The van der Waals surface area contributed by atoms with Gasteiger partial charge in [-0.15, -0.1) is 0 Å². The Hall–Kier alpha value is -2.17. The lowest BCUT2D eigenvalue weighted by atomic mass is 9.96. The summed E-state index contributed by atoms with van der Waals surface area (Å²) in [5.74, 6) is 0.479. The highest BCUT2D eigenvalue weighted by atomic mass is 16.5. The van der Waals surface area contributed by atoms with Crippen molar-refractivity contribution in [3.05, 3.63) is 28.8 Å². The number of nitrogens with zero attached hydrogens (tertiary/aromatic N) is 2. The van der Waals surface area contributed by atoms with Crippen LogP contribution < -0.4 is 0 Å². The number of Topliss-reactive ketones (excluding diaryl/α,β-unsaturated/α-hetero) is 1. The van der Waals surface area contributed by atoms with Gasteiger partial charge in [0.25, 0.3) is 0 Å². The standard InChI is InChI=1S/C17H22N2O3/c1-10-6-15(21)13(11(2)20)7-12(10)14(18-5)8-16-19-17(3,4)9-22-16/h6-7,21H,8-9H2,1-5H3/b18-14-. The molecule has 2 rings (SSSR count). The van der Waals surface area contributed by atoms with E-state index in [0.29, 0.717) is 24.5 Å². The smallest absolute Gasteiger partial charge is 0.190 e. The molecule has 118 valence electrons. The van der Waals surface area contributed by atoms with Gasteiger partial charge in [-0.25, -0.2) is 4.99 Å². The average Bonchev–Trinajstić information content (AvgIpc) is 2.75. The fourth-order valence-corrected chi connectivity index (χ4v) is 2.48. The van der Waals surface area contributed by atoms with Crippen LogP contribution in [-0.2, 0) is 4.74 Å². The van der Waals surface area contributed by atoms with E-state index in [2.05, 4.69) is 9.98 Å². The van der Waals surface area contributed by atoms with Gasteiger partial charge in [0.05, 0.1) is 23.2 Å². The van der Waals surface area contributed by atoms with Crippen LogP contribution >= 0.6 is 0 Å². The van der Waals surface area contributed by atoms with Crippen LogP contribution in [0.25, 0.3) is 0 Å². The van der Waals surface area contributed by atoms with Gasteiger partial charge in [0.1, 0.15) is 12.4 Å². The second-order valence-corrected chi connectivity index (χ2v) is 6.19. The van der Waals surface area contributed by atoms with Gasteiger partial charge >= 0.3 is 0 Å². The SMILES string of the molecule is C/N=C(/CC1=NC(C)(C)CO1)c1cc(C(C)=O)c(O)cc1C. The summed E-state index contributed by atoms with van der Waals surface area (Å²) in [5.41, 5.74) is 2.58. The quantitative estimate of drug-likeness (QED) is 0.686. The molecular formula is C17H22N2O3. The second-order valence-electron chi connectivity index (χ2n) is 6.19. The van der Waals surface area contributed by atoms with E-state index in [-0.39, 0.29) is 17.1 Å². The first-order valence-electron chi connectivity index (χ1n) is 7.25. The number of hydrogen-bond donors (Lipinski definition) is 1. The maximum Gasteiger partial charge on any atom is 0.190 e. The second kappa shape index (κ2) is 5.91. The Bertz CT molecular complexity index is 673. The van der Waals surface area contributed by atoms with Crippen molar-refractivity contribution < 1.29 is 14.6 Å². The highest BCUT2D eigenvalue weighted by Gasteiger charge is 2.27.